The van der Waals surface area contributed by atoms with Gasteiger partial charge in [0.1, 0.15) is 0 Å². The number of benzene rings is 4. The van der Waals surface area contributed by atoms with Gasteiger partial charge in [-0.3, -0.25) is 0 Å². The van der Waals surface area contributed by atoms with Crippen molar-refractivity contribution in [3.05, 3.63) is 78.9 Å². The summed E-state index contributed by atoms with van der Waals surface area (Å²) in [5.41, 5.74) is 2.84. The van der Waals surface area contributed by atoms with E-state index in [4.69, 9.17) is 9.31 Å². The third-order valence-electron chi connectivity index (χ3n) is 7.15. The smallest absolute Gasteiger partial charge is 0.399 e. The minimum absolute atomic E-state index is 0.359. The monoisotopic (exact) mass is 436 g/mol. The van der Waals surface area contributed by atoms with E-state index >= 15 is 0 Å². The normalized spacial score (nSPS) is 17.6. The lowest BCUT2D eigenvalue weighted by molar-refractivity contribution is 0.00578. The Morgan fingerprint density at radius 2 is 1.25 bits per heavy atom. The van der Waals surface area contributed by atoms with Crippen LogP contribution < -0.4 is 5.46 Å². The van der Waals surface area contributed by atoms with Crippen LogP contribution >= 0.6 is 11.3 Å². The standard InChI is InChI=1S/C28H25BO2S/c1-27(2)28(3,4)31-29(30-27)24-15-14-19(20-9-5-6-10-21(20)24)18-13-16-26-23(17-18)22-11-7-8-12-25(22)32-26/h5-17H,1-4H3. The fourth-order valence-corrected chi connectivity index (χ4v) is 5.73. The summed E-state index contributed by atoms with van der Waals surface area (Å²) in [5.74, 6) is 0. The van der Waals surface area contributed by atoms with Crippen LogP contribution in [0.2, 0.25) is 0 Å². The van der Waals surface area contributed by atoms with Crippen molar-refractivity contribution in [3.63, 3.8) is 0 Å². The van der Waals surface area contributed by atoms with E-state index in [1.807, 2.05) is 11.3 Å². The van der Waals surface area contributed by atoms with Gasteiger partial charge >= 0.3 is 7.12 Å². The molecule has 0 unspecified atom stereocenters. The van der Waals surface area contributed by atoms with Crippen LogP contribution in [-0.4, -0.2) is 18.3 Å². The summed E-state index contributed by atoms with van der Waals surface area (Å²) in [5, 5.41) is 5.05. The molecule has 1 saturated heterocycles. The zero-order valence-corrected chi connectivity index (χ0v) is 19.6. The third-order valence-corrected chi connectivity index (χ3v) is 8.30. The molecule has 0 saturated carbocycles. The highest BCUT2D eigenvalue weighted by Gasteiger charge is 2.52. The molecule has 0 bridgehead atoms. The van der Waals surface area contributed by atoms with E-state index in [2.05, 4.69) is 107 Å². The first-order chi connectivity index (χ1) is 15.3. The average Bonchev–Trinajstić information content (AvgIpc) is 3.25. The van der Waals surface area contributed by atoms with E-state index in [0.29, 0.717) is 0 Å². The Morgan fingerprint density at radius 3 is 2.00 bits per heavy atom. The fourth-order valence-electron chi connectivity index (χ4n) is 4.64. The Bertz CT molecular complexity index is 1480. The second kappa shape index (κ2) is 6.92. The number of thiophene rings is 1. The van der Waals surface area contributed by atoms with Crippen LogP contribution in [-0.2, 0) is 9.31 Å². The van der Waals surface area contributed by atoms with Gasteiger partial charge in [0.25, 0.3) is 0 Å². The van der Waals surface area contributed by atoms with Gasteiger partial charge in [-0.15, -0.1) is 11.3 Å². The summed E-state index contributed by atoms with van der Waals surface area (Å²) < 4.78 is 15.4. The Morgan fingerprint density at radius 1 is 0.625 bits per heavy atom. The van der Waals surface area contributed by atoms with Crippen molar-refractivity contribution >= 4 is 54.9 Å². The molecular weight excluding hydrogens is 411 g/mol. The maximum absolute atomic E-state index is 6.38. The molecule has 0 N–H and O–H groups in total. The van der Waals surface area contributed by atoms with Crippen LogP contribution in [0.5, 0.6) is 0 Å². The quantitative estimate of drug-likeness (QED) is 0.273. The van der Waals surface area contributed by atoms with Gasteiger partial charge in [-0.1, -0.05) is 60.7 Å². The lowest BCUT2D eigenvalue weighted by Crippen LogP contribution is -2.41. The lowest BCUT2D eigenvalue weighted by atomic mass is 9.75. The second-order valence-electron chi connectivity index (χ2n) is 9.65. The first-order valence-electron chi connectivity index (χ1n) is 11.1. The van der Waals surface area contributed by atoms with E-state index in [9.17, 15) is 0 Å². The van der Waals surface area contributed by atoms with Crippen molar-refractivity contribution in [2.45, 2.75) is 38.9 Å². The van der Waals surface area contributed by atoms with E-state index in [-0.39, 0.29) is 18.3 Å². The topological polar surface area (TPSA) is 18.5 Å². The molecule has 1 fully saturated rings. The zero-order valence-electron chi connectivity index (χ0n) is 18.8. The van der Waals surface area contributed by atoms with Gasteiger partial charge in [0.2, 0.25) is 0 Å². The maximum Gasteiger partial charge on any atom is 0.495 e. The summed E-state index contributed by atoms with van der Waals surface area (Å²) in [6, 6.07) is 28.5. The minimum atomic E-state index is -0.373. The van der Waals surface area contributed by atoms with Gasteiger partial charge in [0, 0.05) is 20.2 Å². The molecule has 158 valence electrons. The summed E-state index contributed by atoms with van der Waals surface area (Å²) in [4.78, 5) is 0. The molecule has 5 aromatic rings. The van der Waals surface area contributed by atoms with Gasteiger partial charge in [-0.25, -0.2) is 0 Å². The van der Waals surface area contributed by atoms with Crippen molar-refractivity contribution in [3.8, 4) is 11.1 Å². The maximum atomic E-state index is 6.38. The Hall–Kier alpha value is -2.66. The van der Waals surface area contributed by atoms with Crippen molar-refractivity contribution < 1.29 is 9.31 Å². The van der Waals surface area contributed by atoms with Crippen molar-refractivity contribution in [1.29, 1.82) is 0 Å². The Kier molecular flexibility index (Phi) is 4.32. The first kappa shape index (κ1) is 20.0. The lowest BCUT2D eigenvalue weighted by Gasteiger charge is -2.32. The highest BCUT2D eigenvalue weighted by Crippen LogP contribution is 2.39. The predicted molar refractivity (Wildman–Crippen MR) is 138 cm³/mol. The number of fused-ring (bicyclic) bond motifs is 4. The van der Waals surface area contributed by atoms with Gasteiger partial charge in [-0.05, 0) is 73.3 Å². The van der Waals surface area contributed by atoms with Crippen LogP contribution in [0.15, 0.2) is 78.9 Å². The molecule has 4 heteroatoms. The molecule has 0 atom stereocenters. The molecule has 2 nitrogen and oxygen atoms in total. The highest BCUT2D eigenvalue weighted by atomic mass is 32.1. The molecule has 1 aliphatic heterocycles. The van der Waals surface area contributed by atoms with Crippen LogP contribution in [0.1, 0.15) is 27.7 Å². The molecule has 4 aromatic carbocycles. The summed E-state index contributed by atoms with van der Waals surface area (Å²) in [6.07, 6.45) is 0. The van der Waals surface area contributed by atoms with Crippen molar-refractivity contribution in [2.24, 2.45) is 0 Å². The minimum Gasteiger partial charge on any atom is -0.399 e. The van der Waals surface area contributed by atoms with Crippen LogP contribution in [0.3, 0.4) is 0 Å². The molecule has 1 aromatic heterocycles. The molecule has 2 heterocycles. The largest absolute Gasteiger partial charge is 0.495 e. The number of hydrogen-bond acceptors (Lipinski definition) is 3. The van der Waals surface area contributed by atoms with Crippen molar-refractivity contribution in [2.75, 3.05) is 0 Å². The molecule has 32 heavy (non-hydrogen) atoms. The summed E-state index contributed by atoms with van der Waals surface area (Å²) in [6.45, 7) is 8.40. The molecular formula is C28H25BO2S. The zero-order chi connectivity index (χ0) is 22.1. The highest BCUT2D eigenvalue weighted by molar-refractivity contribution is 7.25. The van der Waals surface area contributed by atoms with E-state index < -0.39 is 0 Å². The van der Waals surface area contributed by atoms with E-state index in [1.165, 1.54) is 42.1 Å². The SMILES string of the molecule is CC1(C)OB(c2ccc(-c3ccc4sc5ccccc5c4c3)c3ccccc23)OC1(C)C. The average molecular weight is 436 g/mol. The summed E-state index contributed by atoms with van der Waals surface area (Å²) >= 11 is 1.85. The molecule has 1 aliphatic rings. The van der Waals surface area contributed by atoms with Crippen LogP contribution in [0.25, 0.3) is 42.1 Å². The van der Waals surface area contributed by atoms with Gasteiger partial charge < -0.3 is 9.31 Å². The molecule has 0 spiro atoms. The second-order valence-corrected chi connectivity index (χ2v) is 10.7. The van der Waals surface area contributed by atoms with Crippen molar-refractivity contribution in [1.82, 2.24) is 0 Å². The fraction of sp³-hybridized carbons (Fsp3) is 0.214. The first-order valence-corrected chi connectivity index (χ1v) is 11.9. The van der Waals surface area contributed by atoms with Crippen LogP contribution in [0, 0.1) is 0 Å². The summed E-state index contributed by atoms with van der Waals surface area (Å²) in [7, 11) is -0.373. The number of hydrogen-bond donors (Lipinski definition) is 0. The number of rotatable bonds is 2. The predicted octanol–water partition coefficient (Wildman–Crippen LogP) is 7.17. The Balaban J connectivity index is 1.52. The van der Waals surface area contributed by atoms with E-state index in [0.717, 1.165) is 5.46 Å². The molecule has 0 aliphatic carbocycles. The molecule has 0 radical (unpaired) electrons. The van der Waals surface area contributed by atoms with Crippen LogP contribution in [0.4, 0.5) is 0 Å². The third kappa shape index (κ3) is 2.94. The molecule has 0 amide bonds. The Labute approximate surface area is 192 Å². The van der Waals surface area contributed by atoms with E-state index in [1.54, 1.807) is 0 Å². The van der Waals surface area contributed by atoms with Gasteiger partial charge in [0.15, 0.2) is 0 Å². The van der Waals surface area contributed by atoms with Gasteiger partial charge in [0.05, 0.1) is 11.2 Å². The molecule has 6 rings (SSSR count). The van der Waals surface area contributed by atoms with Gasteiger partial charge in [-0.2, -0.15) is 0 Å².